The fraction of sp³-hybridized carbons (Fsp3) is 0.250. The van der Waals surface area contributed by atoms with E-state index in [-0.39, 0.29) is 17.9 Å². The second-order valence-corrected chi connectivity index (χ2v) is 8.31. The third-order valence-electron chi connectivity index (χ3n) is 5.42. The van der Waals surface area contributed by atoms with Crippen molar-refractivity contribution in [2.75, 3.05) is 12.4 Å². The zero-order valence-corrected chi connectivity index (χ0v) is 19.6. The molecule has 4 aromatic rings. The van der Waals surface area contributed by atoms with E-state index in [4.69, 9.17) is 17.3 Å². The van der Waals surface area contributed by atoms with Gasteiger partial charge in [0.15, 0.2) is 0 Å². The van der Waals surface area contributed by atoms with Gasteiger partial charge in [0.25, 0.3) is 5.56 Å². The highest BCUT2D eigenvalue weighted by molar-refractivity contribution is 6.33. The van der Waals surface area contributed by atoms with Crippen molar-refractivity contribution >= 4 is 34.5 Å². The fourth-order valence-electron chi connectivity index (χ4n) is 3.74. The van der Waals surface area contributed by atoms with Crippen LogP contribution < -0.4 is 16.6 Å². The minimum Gasteiger partial charge on any atom is -0.370 e. The number of halogens is 1. The molecule has 0 spiro atoms. The Bertz CT molecular complexity index is 1440. The van der Waals surface area contributed by atoms with E-state index in [1.54, 1.807) is 42.3 Å². The predicted molar refractivity (Wildman–Crippen MR) is 133 cm³/mol. The van der Waals surface area contributed by atoms with Crippen molar-refractivity contribution in [3.63, 3.8) is 0 Å². The lowest BCUT2D eigenvalue weighted by atomic mass is 10.0. The Labute approximate surface area is 201 Å². The van der Waals surface area contributed by atoms with Gasteiger partial charge in [0.2, 0.25) is 11.9 Å². The first-order chi connectivity index (χ1) is 16.4. The lowest BCUT2D eigenvalue weighted by molar-refractivity contribution is -0.118. The SMILES string of the molecule is CNc1ncc2cc(-c3ccc(-c4cncc(C)n4)cc3Cl)c(=O)n(CCCCC(N)=O)c2n1. The van der Waals surface area contributed by atoms with Gasteiger partial charge in [-0.15, -0.1) is 0 Å². The molecular weight excluding hydrogens is 454 g/mol. The van der Waals surface area contributed by atoms with Crippen LogP contribution in [-0.4, -0.2) is 37.5 Å². The first-order valence-electron chi connectivity index (χ1n) is 10.8. The summed E-state index contributed by atoms with van der Waals surface area (Å²) >= 11 is 6.65. The second kappa shape index (κ2) is 9.96. The molecule has 0 saturated carbocycles. The summed E-state index contributed by atoms with van der Waals surface area (Å²) in [6.45, 7) is 2.25. The van der Waals surface area contributed by atoms with Gasteiger partial charge in [0.05, 0.1) is 17.6 Å². The molecule has 0 bridgehead atoms. The van der Waals surface area contributed by atoms with Gasteiger partial charge >= 0.3 is 0 Å². The summed E-state index contributed by atoms with van der Waals surface area (Å²) in [5.74, 6) is 0.0445. The number of aryl methyl sites for hydroxylation is 2. The van der Waals surface area contributed by atoms with E-state index in [0.717, 1.165) is 11.3 Å². The lowest BCUT2D eigenvalue weighted by Gasteiger charge is -2.14. The Balaban J connectivity index is 1.80. The monoisotopic (exact) mass is 477 g/mol. The van der Waals surface area contributed by atoms with Crippen molar-refractivity contribution in [1.29, 1.82) is 0 Å². The molecule has 3 heterocycles. The molecule has 0 aliphatic carbocycles. The van der Waals surface area contributed by atoms with Crippen molar-refractivity contribution in [1.82, 2.24) is 24.5 Å². The zero-order chi connectivity index (χ0) is 24.2. The standard InChI is InChI=1S/C24H24ClN7O2/c1-14-11-28-13-20(30-14)15-6-7-17(19(25)10-15)18-9-16-12-29-24(27-2)31-22(16)32(23(18)34)8-4-3-5-21(26)33/h6-7,9-13H,3-5,8H2,1-2H3,(H2,26,33)(H,27,29,31). The zero-order valence-electron chi connectivity index (χ0n) is 18.9. The number of carbonyl (C=O) groups is 1. The Kier molecular flexibility index (Phi) is 6.83. The number of unbranched alkanes of at least 4 members (excludes halogenated alkanes) is 1. The number of hydrogen-bond acceptors (Lipinski definition) is 7. The molecule has 1 amide bonds. The van der Waals surface area contributed by atoms with E-state index in [9.17, 15) is 9.59 Å². The number of amides is 1. The molecule has 9 nitrogen and oxygen atoms in total. The van der Waals surface area contributed by atoms with Crippen LogP contribution >= 0.6 is 11.6 Å². The van der Waals surface area contributed by atoms with Crippen LogP contribution in [0.5, 0.6) is 0 Å². The Hall–Kier alpha value is -3.85. The molecule has 0 radical (unpaired) electrons. The van der Waals surface area contributed by atoms with Crippen molar-refractivity contribution in [3.05, 3.63) is 63.9 Å². The molecule has 0 aliphatic heterocycles. The van der Waals surface area contributed by atoms with Gasteiger partial charge in [-0.05, 0) is 31.9 Å². The van der Waals surface area contributed by atoms with Crippen LogP contribution in [0.25, 0.3) is 33.4 Å². The molecule has 4 rings (SSSR count). The van der Waals surface area contributed by atoms with Crippen molar-refractivity contribution < 1.29 is 4.79 Å². The topological polar surface area (TPSA) is 129 Å². The van der Waals surface area contributed by atoms with Gasteiger partial charge in [0, 0.05) is 59.5 Å². The maximum Gasteiger partial charge on any atom is 0.260 e. The molecule has 0 unspecified atom stereocenters. The van der Waals surface area contributed by atoms with E-state index in [2.05, 4.69) is 25.3 Å². The molecule has 3 aromatic heterocycles. The maximum absolute atomic E-state index is 13.6. The number of aromatic nitrogens is 5. The third kappa shape index (κ3) is 4.89. The van der Waals surface area contributed by atoms with Crippen LogP contribution in [0.15, 0.2) is 47.7 Å². The average Bonchev–Trinajstić information content (AvgIpc) is 2.82. The maximum atomic E-state index is 13.6. The number of nitrogens with zero attached hydrogens (tertiary/aromatic N) is 5. The third-order valence-corrected chi connectivity index (χ3v) is 5.73. The normalized spacial score (nSPS) is 11.0. The van der Waals surface area contributed by atoms with Crippen LogP contribution in [0.3, 0.4) is 0 Å². The number of nitrogens with two attached hydrogens (primary N) is 1. The number of anilines is 1. The quantitative estimate of drug-likeness (QED) is 0.371. The first kappa shape index (κ1) is 23.3. The summed E-state index contributed by atoms with van der Waals surface area (Å²) in [5.41, 5.74) is 8.88. The number of nitrogens with one attached hydrogen (secondary N) is 1. The van der Waals surface area contributed by atoms with Gasteiger partial charge in [-0.25, -0.2) is 9.97 Å². The number of carbonyl (C=O) groups excluding carboxylic acids is 1. The van der Waals surface area contributed by atoms with Gasteiger partial charge in [-0.1, -0.05) is 23.7 Å². The number of benzene rings is 1. The van der Waals surface area contributed by atoms with E-state index in [0.29, 0.717) is 58.2 Å². The minimum absolute atomic E-state index is 0.225. The molecular formula is C24H24ClN7O2. The lowest BCUT2D eigenvalue weighted by Crippen LogP contribution is -2.24. The molecule has 0 fully saturated rings. The van der Waals surface area contributed by atoms with Gasteiger partial charge in [0.1, 0.15) is 5.65 Å². The highest BCUT2D eigenvalue weighted by Gasteiger charge is 2.16. The summed E-state index contributed by atoms with van der Waals surface area (Å²) < 4.78 is 1.60. The van der Waals surface area contributed by atoms with E-state index >= 15 is 0 Å². The average molecular weight is 478 g/mol. The number of fused-ring (bicyclic) bond motifs is 1. The number of primary amides is 1. The second-order valence-electron chi connectivity index (χ2n) is 7.90. The molecule has 0 saturated heterocycles. The summed E-state index contributed by atoms with van der Waals surface area (Å²) in [6.07, 6.45) is 6.45. The van der Waals surface area contributed by atoms with Crippen LogP contribution in [-0.2, 0) is 11.3 Å². The highest BCUT2D eigenvalue weighted by atomic mass is 35.5. The molecule has 3 N–H and O–H groups in total. The van der Waals surface area contributed by atoms with Crippen molar-refractivity contribution in [3.8, 4) is 22.4 Å². The van der Waals surface area contributed by atoms with Gasteiger partial charge < -0.3 is 11.1 Å². The summed E-state index contributed by atoms with van der Waals surface area (Å²) in [7, 11) is 1.71. The van der Waals surface area contributed by atoms with E-state index < -0.39 is 0 Å². The Morgan fingerprint density at radius 2 is 1.94 bits per heavy atom. The molecule has 0 atom stereocenters. The summed E-state index contributed by atoms with van der Waals surface area (Å²) in [5, 5.41) is 4.02. The number of rotatable bonds is 8. The fourth-order valence-corrected chi connectivity index (χ4v) is 4.03. The van der Waals surface area contributed by atoms with Crippen molar-refractivity contribution in [2.45, 2.75) is 32.7 Å². The first-order valence-corrected chi connectivity index (χ1v) is 11.2. The molecule has 0 aliphatic rings. The molecule has 34 heavy (non-hydrogen) atoms. The van der Waals surface area contributed by atoms with Crippen LogP contribution in [0.1, 0.15) is 25.0 Å². The van der Waals surface area contributed by atoms with Crippen LogP contribution in [0, 0.1) is 6.92 Å². The van der Waals surface area contributed by atoms with Gasteiger partial charge in [-0.3, -0.25) is 19.1 Å². The number of pyridine rings is 1. The highest BCUT2D eigenvalue weighted by Crippen LogP contribution is 2.31. The van der Waals surface area contributed by atoms with E-state index in [1.165, 1.54) is 0 Å². The van der Waals surface area contributed by atoms with Crippen molar-refractivity contribution in [2.24, 2.45) is 5.73 Å². The molecule has 10 heteroatoms. The van der Waals surface area contributed by atoms with E-state index in [1.807, 2.05) is 19.1 Å². The summed E-state index contributed by atoms with van der Waals surface area (Å²) in [4.78, 5) is 42.1. The van der Waals surface area contributed by atoms with Gasteiger partial charge in [-0.2, -0.15) is 4.98 Å². The predicted octanol–water partition coefficient (Wildman–Crippen LogP) is 3.57. The smallest absolute Gasteiger partial charge is 0.260 e. The Morgan fingerprint density at radius 1 is 1.12 bits per heavy atom. The minimum atomic E-state index is -0.365. The largest absolute Gasteiger partial charge is 0.370 e. The van der Waals surface area contributed by atoms with Crippen LogP contribution in [0.2, 0.25) is 5.02 Å². The molecule has 174 valence electrons. The molecule has 1 aromatic carbocycles. The number of hydrogen-bond donors (Lipinski definition) is 2. The van der Waals surface area contributed by atoms with Crippen LogP contribution in [0.4, 0.5) is 5.95 Å². The Morgan fingerprint density at radius 3 is 2.65 bits per heavy atom. The summed E-state index contributed by atoms with van der Waals surface area (Å²) in [6, 6.07) is 7.21.